The standard InChI is InChI=1S/C18H16N4O6S/c1-26-14-11-15(27-2)21-18(20-14)28-13-8-4-3-7-12(13)17(23)22-29(24,25)16-9-5-6-10-19-16/h3-11H,1-2H3,(H,22,23). The zero-order valence-electron chi connectivity index (χ0n) is 15.4. The molecule has 1 aromatic carbocycles. The van der Waals surface area contributed by atoms with Crippen molar-refractivity contribution in [3.63, 3.8) is 0 Å². The monoisotopic (exact) mass is 416 g/mol. The van der Waals surface area contributed by atoms with Crippen molar-refractivity contribution in [2.75, 3.05) is 14.2 Å². The Bertz CT molecular complexity index is 1100. The third-order valence-electron chi connectivity index (χ3n) is 3.55. The summed E-state index contributed by atoms with van der Waals surface area (Å²) in [5.74, 6) is -0.490. The largest absolute Gasteiger partial charge is 0.481 e. The second-order valence-corrected chi connectivity index (χ2v) is 7.07. The number of nitrogens with one attached hydrogen (secondary N) is 1. The minimum atomic E-state index is -4.16. The number of amides is 1. The molecule has 2 heterocycles. The van der Waals surface area contributed by atoms with Gasteiger partial charge in [0.25, 0.3) is 15.9 Å². The first kappa shape index (κ1) is 20.0. The molecule has 1 amide bonds. The number of benzene rings is 1. The van der Waals surface area contributed by atoms with Gasteiger partial charge in [-0.15, -0.1) is 0 Å². The molecule has 2 aromatic heterocycles. The van der Waals surface area contributed by atoms with Gasteiger partial charge in [-0.2, -0.15) is 18.4 Å². The molecule has 0 saturated carbocycles. The maximum absolute atomic E-state index is 12.6. The van der Waals surface area contributed by atoms with Crippen LogP contribution < -0.4 is 18.9 Å². The maximum Gasteiger partial charge on any atom is 0.328 e. The van der Waals surface area contributed by atoms with E-state index in [9.17, 15) is 13.2 Å². The SMILES string of the molecule is COc1cc(OC)nc(Oc2ccccc2C(=O)NS(=O)(=O)c2ccccn2)n1. The van der Waals surface area contributed by atoms with Crippen LogP contribution in [-0.2, 0) is 10.0 Å². The average Bonchev–Trinajstić information content (AvgIpc) is 2.74. The van der Waals surface area contributed by atoms with Gasteiger partial charge in [0.05, 0.1) is 25.8 Å². The molecule has 29 heavy (non-hydrogen) atoms. The van der Waals surface area contributed by atoms with Gasteiger partial charge < -0.3 is 14.2 Å². The van der Waals surface area contributed by atoms with Gasteiger partial charge in [0.2, 0.25) is 11.8 Å². The van der Waals surface area contributed by atoms with Crippen molar-refractivity contribution in [2.24, 2.45) is 0 Å². The Balaban J connectivity index is 1.89. The maximum atomic E-state index is 12.6. The summed E-state index contributed by atoms with van der Waals surface area (Å²) in [4.78, 5) is 24.4. The lowest BCUT2D eigenvalue weighted by Gasteiger charge is -2.11. The van der Waals surface area contributed by atoms with Gasteiger partial charge in [-0.25, -0.2) is 9.71 Å². The summed E-state index contributed by atoms with van der Waals surface area (Å²) in [5, 5.41) is -0.285. The first-order valence-corrected chi connectivity index (χ1v) is 9.63. The van der Waals surface area contributed by atoms with E-state index in [1.807, 2.05) is 4.72 Å². The van der Waals surface area contributed by atoms with Gasteiger partial charge >= 0.3 is 6.01 Å². The second kappa shape index (κ2) is 8.52. The van der Waals surface area contributed by atoms with E-state index in [1.54, 1.807) is 18.2 Å². The Hall–Kier alpha value is -3.73. The lowest BCUT2D eigenvalue weighted by atomic mass is 10.2. The first-order valence-electron chi connectivity index (χ1n) is 8.15. The molecule has 0 fully saturated rings. The number of methoxy groups -OCH3 is 2. The lowest BCUT2D eigenvalue weighted by Crippen LogP contribution is -2.31. The quantitative estimate of drug-likeness (QED) is 0.613. The van der Waals surface area contributed by atoms with E-state index in [-0.39, 0.29) is 34.1 Å². The molecule has 11 heteroatoms. The molecular weight excluding hydrogens is 400 g/mol. The van der Waals surface area contributed by atoms with Gasteiger partial charge in [-0.05, 0) is 24.3 Å². The lowest BCUT2D eigenvalue weighted by molar-refractivity contribution is 0.0979. The molecule has 0 unspecified atom stereocenters. The van der Waals surface area contributed by atoms with Gasteiger partial charge in [0.15, 0.2) is 5.03 Å². The Kier molecular flexibility index (Phi) is 5.88. The van der Waals surface area contributed by atoms with Crippen LogP contribution in [0.15, 0.2) is 59.8 Å². The van der Waals surface area contributed by atoms with E-state index in [2.05, 4.69) is 15.0 Å². The zero-order valence-corrected chi connectivity index (χ0v) is 16.2. The van der Waals surface area contributed by atoms with Crippen LogP contribution >= 0.6 is 0 Å². The Morgan fingerprint density at radius 2 is 1.62 bits per heavy atom. The summed E-state index contributed by atoms with van der Waals surface area (Å²) in [5.41, 5.74) is -0.0441. The van der Waals surface area contributed by atoms with Crippen LogP contribution in [0.1, 0.15) is 10.4 Å². The molecule has 150 valence electrons. The summed E-state index contributed by atoms with van der Waals surface area (Å²) in [6.45, 7) is 0. The number of hydrogen-bond acceptors (Lipinski definition) is 9. The van der Waals surface area contributed by atoms with E-state index in [4.69, 9.17) is 14.2 Å². The number of nitrogens with zero attached hydrogens (tertiary/aromatic N) is 3. The fourth-order valence-corrected chi connectivity index (χ4v) is 3.13. The Morgan fingerprint density at radius 1 is 0.966 bits per heavy atom. The smallest absolute Gasteiger partial charge is 0.328 e. The number of carbonyl (C=O) groups excluding carboxylic acids is 1. The summed E-state index contributed by atoms with van der Waals surface area (Å²) in [6.07, 6.45) is 1.31. The van der Waals surface area contributed by atoms with Crippen molar-refractivity contribution in [1.82, 2.24) is 19.7 Å². The predicted molar refractivity (Wildman–Crippen MR) is 101 cm³/mol. The molecule has 0 saturated heterocycles. The fraction of sp³-hybridized carbons (Fsp3) is 0.111. The van der Waals surface area contributed by atoms with Gasteiger partial charge in [-0.3, -0.25) is 4.79 Å². The molecule has 0 bridgehead atoms. The molecule has 1 N–H and O–H groups in total. The van der Waals surface area contributed by atoms with Crippen LogP contribution in [0.3, 0.4) is 0 Å². The number of pyridine rings is 1. The van der Waals surface area contributed by atoms with Gasteiger partial charge in [-0.1, -0.05) is 18.2 Å². The highest BCUT2D eigenvalue weighted by molar-refractivity contribution is 7.90. The highest BCUT2D eigenvalue weighted by atomic mass is 32.2. The van der Waals surface area contributed by atoms with Crippen molar-refractivity contribution in [3.8, 4) is 23.5 Å². The number of sulfonamides is 1. The van der Waals surface area contributed by atoms with Gasteiger partial charge in [0.1, 0.15) is 5.75 Å². The highest BCUT2D eigenvalue weighted by Gasteiger charge is 2.22. The van der Waals surface area contributed by atoms with Crippen molar-refractivity contribution in [1.29, 1.82) is 0 Å². The Morgan fingerprint density at radius 3 is 2.24 bits per heavy atom. The van der Waals surface area contributed by atoms with Crippen LogP contribution in [0.2, 0.25) is 0 Å². The number of ether oxygens (including phenoxy) is 3. The minimum absolute atomic E-state index is 0.0385. The Labute approximate surface area is 166 Å². The van der Waals surface area contributed by atoms with Crippen LogP contribution in [0.4, 0.5) is 0 Å². The summed E-state index contributed by atoms with van der Waals surface area (Å²) < 4.78 is 42.4. The normalized spacial score (nSPS) is 10.8. The molecular formula is C18H16N4O6S. The highest BCUT2D eigenvalue weighted by Crippen LogP contribution is 2.26. The van der Waals surface area contributed by atoms with Gasteiger partial charge in [0, 0.05) is 6.20 Å². The number of aromatic nitrogens is 3. The van der Waals surface area contributed by atoms with E-state index >= 15 is 0 Å². The topological polar surface area (TPSA) is 130 Å². The number of para-hydroxylation sites is 1. The van der Waals surface area contributed by atoms with E-state index < -0.39 is 15.9 Å². The number of carbonyl (C=O) groups is 1. The van der Waals surface area contributed by atoms with Crippen molar-refractivity contribution < 1.29 is 27.4 Å². The van der Waals surface area contributed by atoms with Crippen LogP contribution in [0, 0.1) is 0 Å². The second-order valence-electron chi connectivity index (χ2n) is 5.44. The zero-order chi connectivity index (χ0) is 20.9. The molecule has 3 rings (SSSR count). The number of hydrogen-bond donors (Lipinski definition) is 1. The van der Waals surface area contributed by atoms with E-state index in [0.29, 0.717) is 0 Å². The van der Waals surface area contributed by atoms with Crippen molar-refractivity contribution >= 4 is 15.9 Å². The molecule has 0 radical (unpaired) electrons. The van der Waals surface area contributed by atoms with E-state index in [1.165, 1.54) is 50.7 Å². The molecule has 0 aliphatic rings. The molecule has 0 spiro atoms. The van der Waals surface area contributed by atoms with Crippen LogP contribution in [-0.4, -0.2) is 43.5 Å². The summed E-state index contributed by atoms with van der Waals surface area (Å²) in [6, 6.07) is 11.7. The fourth-order valence-electron chi connectivity index (χ4n) is 2.22. The average molecular weight is 416 g/mol. The molecule has 0 aliphatic heterocycles. The third kappa shape index (κ3) is 4.76. The number of rotatable bonds is 7. The van der Waals surface area contributed by atoms with Crippen LogP contribution in [0.25, 0.3) is 0 Å². The van der Waals surface area contributed by atoms with E-state index in [0.717, 1.165) is 0 Å². The summed E-state index contributed by atoms with van der Waals surface area (Å²) >= 11 is 0. The predicted octanol–water partition coefficient (Wildman–Crippen LogP) is 1.80. The molecule has 3 aromatic rings. The van der Waals surface area contributed by atoms with Crippen molar-refractivity contribution in [3.05, 3.63) is 60.3 Å². The summed E-state index contributed by atoms with van der Waals surface area (Å²) in [7, 11) is -1.33. The van der Waals surface area contributed by atoms with Crippen molar-refractivity contribution in [2.45, 2.75) is 5.03 Å². The third-order valence-corrected chi connectivity index (χ3v) is 4.80. The molecule has 0 aliphatic carbocycles. The minimum Gasteiger partial charge on any atom is -0.481 e. The molecule has 0 atom stereocenters. The molecule has 10 nitrogen and oxygen atoms in total. The van der Waals surface area contributed by atoms with Crippen LogP contribution in [0.5, 0.6) is 23.5 Å². The first-order chi connectivity index (χ1) is 13.9.